The molecule has 1 aromatic heterocycles. The number of hydrogen-bond acceptors (Lipinski definition) is 4. The highest BCUT2D eigenvalue weighted by molar-refractivity contribution is 7.99. The third-order valence-corrected chi connectivity index (χ3v) is 4.68. The lowest BCUT2D eigenvalue weighted by molar-refractivity contribution is -0.0886. The Kier molecular flexibility index (Phi) is 5.74. The molecule has 0 atom stereocenters. The number of benzene rings is 1. The smallest absolute Gasteiger partial charge is 0.362 e. The average Bonchev–Trinajstić information content (AvgIpc) is 2.52. The molecule has 1 aromatic carbocycles. The molecule has 0 amide bonds. The monoisotopic (exact) mass is 356 g/mol. The molecule has 7 heteroatoms. The van der Waals surface area contributed by atoms with Crippen molar-refractivity contribution < 1.29 is 18.0 Å². The molecule has 0 bridgehead atoms. The molecular formula is C17H19F3N2OS. The number of carbonyl (C=O) groups excluding carboxylic acids is 1. The van der Waals surface area contributed by atoms with E-state index in [0.29, 0.717) is 21.6 Å². The normalized spacial score (nSPS) is 11.8. The molecule has 0 radical (unpaired) electrons. The number of hydrogen-bond donors (Lipinski definition) is 0. The van der Waals surface area contributed by atoms with E-state index in [0.717, 1.165) is 12.8 Å². The number of halogens is 3. The van der Waals surface area contributed by atoms with Gasteiger partial charge in [0.2, 0.25) is 0 Å². The van der Waals surface area contributed by atoms with Crippen LogP contribution in [0.2, 0.25) is 0 Å². The molecule has 0 unspecified atom stereocenters. The van der Waals surface area contributed by atoms with Crippen LogP contribution in [0.25, 0.3) is 10.9 Å². The van der Waals surface area contributed by atoms with Crippen LogP contribution in [0.3, 0.4) is 0 Å². The van der Waals surface area contributed by atoms with Gasteiger partial charge in [0.05, 0.1) is 11.1 Å². The summed E-state index contributed by atoms with van der Waals surface area (Å²) in [6.07, 6.45) is -3.15. The lowest BCUT2D eigenvalue weighted by atomic mass is 10.1. The molecule has 0 aliphatic rings. The topological polar surface area (TPSA) is 33.2 Å². The number of unbranched alkanes of at least 4 members (excludes halogenated alkanes) is 1. The van der Waals surface area contributed by atoms with Gasteiger partial charge in [0.1, 0.15) is 5.82 Å². The summed E-state index contributed by atoms with van der Waals surface area (Å²) in [6, 6.07) is 6.98. The van der Waals surface area contributed by atoms with Gasteiger partial charge in [-0.2, -0.15) is 13.2 Å². The first kappa shape index (κ1) is 18.6. The summed E-state index contributed by atoms with van der Waals surface area (Å²) in [5.41, 5.74) is 0.228. The summed E-state index contributed by atoms with van der Waals surface area (Å²) >= 11 is 1.29. The molecule has 1 heterocycles. The fraction of sp³-hybridized carbons (Fsp3) is 0.412. The average molecular weight is 356 g/mol. The lowest BCUT2D eigenvalue weighted by Crippen LogP contribution is -2.27. The number of fused-ring (bicyclic) bond motifs is 1. The molecular weight excluding hydrogens is 337 g/mol. The zero-order valence-electron chi connectivity index (χ0n) is 13.8. The van der Waals surface area contributed by atoms with E-state index in [1.165, 1.54) is 16.7 Å². The Morgan fingerprint density at radius 1 is 1.25 bits per heavy atom. The summed E-state index contributed by atoms with van der Waals surface area (Å²) < 4.78 is 39.4. The van der Waals surface area contributed by atoms with Gasteiger partial charge in [-0.1, -0.05) is 31.5 Å². The maximum absolute atomic E-state index is 13.1. The zero-order valence-corrected chi connectivity index (χ0v) is 14.6. The summed E-state index contributed by atoms with van der Waals surface area (Å²) in [7, 11) is 3.18. The Balaban J connectivity index is 2.75. The highest BCUT2D eigenvalue weighted by Crippen LogP contribution is 2.39. The highest BCUT2D eigenvalue weighted by atomic mass is 32.2. The number of carbonyl (C=O) groups is 1. The first-order chi connectivity index (χ1) is 11.3. The predicted molar refractivity (Wildman–Crippen MR) is 92.1 cm³/mol. The third kappa shape index (κ3) is 3.83. The van der Waals surface area contributed by atoms with E-state index in [-0.39, 0.29) is 11.4 Å². The standard InChI is InChI=1S/C17H19F3N2OS/c1-4-5-10-24-14-11-8-6-7-9-12(11)21-16(22(2)3)13(14)15(23)17(18,19)20/h6-9H,4-5,10H2,1-3H3. The van der Waals surface area contributed by atoms with E-state index in [9.17, 15) is 18.0 Å². The van der Waals surface area contributed by atoms with Crippen molar-refractivity contribution in [2.24, 2.45) is 0 Å². The number of aromatic nitrogens is 1. The van der Waals surface area contributed by atoms with E-state index in [1.54, 1.807) is 38.4 Å². The lowest BCUT2D eigenvalue weighted by Gasteiger charge is -2.21. The Morgan fingerprint density at radius 2 is 1.92 bits per heavy atom. The van der Waals surface area contributed by atoms with Crippen LogP contribution >= 0.6 is 11.8 Å². The molecule has 0 aliphatic carbocycles. The quantitative estimate of drug-likeness (QED) is 0.417. The van der Waals surface area contributed by atoms with Crippen molar-refractivity contribution in [2.75, 3.05) is 24.7 Å². The number of para-hydroxylation sites is 1. The van der Waals surface area contributed by atoms with Crippen molar-refractivity contribution in [2.45, 2.75) is 30.8 Å². The molecule has 0 saturated heterocycles. The van der Waals surface area contributed by atoms with Crippen molar-refractivity contribution in [3.05, 3.63) is 29.8 Å². The van der Waals surface area contributed by atoms with Crippen LogP contribution in [0.1, 0.15) is 30.1 Å². The number of anilines is 1. The van der Waals surface area contributed by atoms with Crippen molar-refractivity contribution in [1.82, 2.24) is 4.98 Å². The van der Waals surface area contributed by atoms with Crippen molar-refractivity contribution in [3.63, 3.8) is 0 Å². The molecule has 3 nitrogen and oxygen atoms in total. The largest absolute Gasteiger partial charge is 0.455 e. The maximum Gasteiger partial charge on any atom is 0.455 e. The number of alkyl halides is 3. The van der Waals surface area contributed by atoms with Gasteiger partial charge in [0, 0.05) is 24.4 Å². The summed E-state index contributed by atoms with van der Waals surface area (Å²) in [5.74, 6) is -1.14. The van der Waals surface area contributed by atoms with E-state index in [4.69, 9.17) is 0 Å². The van der Waals surface area contributed by atoms with Gasteiger partial charge in [0.15, 0.2) is 0 Å². The summed E-state index contributed by atoms with van der Waals surface area (Å²) in [4.78, 5) is 18.2. The number of thioether (sulfide) groups is 1. The molecule has 2 rings (SSSR count). The van der Waals surface area contributed by atoms with Gasteiger partial charge in [-0.25, -0.2) is 4.98 Å². The van der Waals surface area contributed by atoms with Gasteiger partial charge in [0.25, 0.3) is 5.78 Å². The van der Waals surface area contributed by atoms with E-state index in [2.05, 4.69) is 4.98 Å². The molecule has 0 aliphatic heterocycles. The van der Waals surface area contributed by atoms with Crippen LogP contribution in [0, 0.1) is 0 Å². The molecule has 0 fully saturated rings. The Labute approximate surface area is 143 Å². The van der Waals surface area contributed by atoms with Crippen molar-refractivity contribution in [3.8, 4) is 0 Å². The highest BCUT2D eigenvalue weighted by Gasteiger charge is 2.43. The van der Waals surface area contributed by atoms with Crippen LogP contribution in [0.5, 0.6) is 0 Å². The molecule has 130 valence electrons. The van der Waals surface area contributed by atoms with Gasteiger partial charge in [-0.3, -0.25) is 4.79 Å². The van der Waals surface area contributed by atoms with E-state index >= 15 is 0 Å². The number of Topliss-reactive ketones (excluding diaryl/α,β-unsaturated/α-hetero) is 1. The number of nitrogens with zero attached hydrogens (tertiary/aromatic N) is 2. The SMILES string of the molecule is CCCCSc1c(C(=O)C(F)(F)F)c(N(C)C)nc2ccccc12. The van der Waals surface area contributed by atoms with Crippen LogP contribution in [0.15, 0.2) is 29.2 Å². The summed E-state index contributed by atoms with van der Waals surface area (Å²) in [5, 5.41) is 0.580. The van der Waals surface area contributed by atoms with E-state index < -0.39 is 12.0 Å². The summed E-state index contributed by atoms with van der Waals surface area (Å²) in [6.45, 7) is 2.01. The second-order valence-corrected chi connectivity index (χ2v) is 6.69. The van der Waals surface area contributed by atoms with Gasteiger partial charge in [-0.15, -0.1) is 11.8 Å². The van der Waals surface area contributed by atoms with Gasteiger partial charge in [-0.05, 0) is 18.2 Å². The van der Waals surface area contributed by atoms with Crippen molar-refractivity contribution >= 4 is 34.3 Å². The fourth-order valence-electron chi connectivity index (χ4n) is 2.31. The number of ketones is 1. The van der Waals surface area contributed by atoms with E-state index in [1.807, 2.05) is 6.92 Å². The first-order valence-corrected chi connectivity index (χ1v) is 8.60. The number of pyridine rings is 1. The van der Waals surface area contributed by atoms with Gasteiger partial charge < -0.3 is 4.90 Å². The minimum Gasteiger partial charge on any atom is -0.362 e. The molecule has 24 heavy (non-hydrogen) atoms. The molecule has 0 N–H and O–H groups in total. The molecule has 0 saturated carbocycles. The Morgan fingerprint density at radius 3 is 2.50 bits per heavy atom. The molecule has 0 spiro atoms. The fourth-order valence-corrected chi connectivity index (χ4v) is 3.60. The second-order valence-electron chi connectivity index (χ2n) is 5.58. The van der Waals surface area contributed by atoms with Crippen LogP contribution in [-0.4, -0.2) is 36.8 Å². The third-order valence-electron chi connectivity index (χ3n) is 3.48. The van der Waals surface area contributed by atoms with Crippen LogP contribution in [-0.2, 0) is 0 Å². The van der Waals surface area contributed by atoms with Gasteiger partial charge >= 0.3 is 6.18 Å². The number of rotatable bonds is 6. The zero-order chi connectivity index (χ0) is 17.9. The molecule has 2 aromatic rings. The predicted octanol–water partition coefficient (Wildman–Crippen LogP) is 4.94. The minimum atomic E-state index is -4.94. The van der Waals surface area contributed by atoms with Crippen LogP contribution < -0.4 is 4.90 Å². The maximum atomic E-state index is 13.1. The van der Waals surface area contributed by atoms with Crippen molar-refractivity contribution in [1.29, 1.82) is 0 Å². The second kappa shape index (κ2) is 7.42. The first-order valence-electron chi connectivity index (χ1n) is 7.61. The minimum absolute atomic E-state index is 0.0509. The van der Waals surface area contributed by atoms with Crippen LogP contribution in [0.4, 0.5) is 19.0 Å². The Bertz CT molecular complexity index is 744. The Hall–Kier alpha value is -1.76.